The van der Waals surface area contributed by atoms with Gasteiger partial charge in [0.15, 0.2) is 0 Å². The molecule has 0 bridgehead atoms. The molecule has 0 saturated heterocycles. The predicted molar refractivity (Wildman–Crippen MR) is 105 cm³/mol. The third kappa shape index (κ3) is 4.37. The summed E-state index contributed by atoms with van der Waals surface area (Å²) in [4.78, 5) is 27.7. The quantitative estimate of drug-likeness (QED) is 0.646. The third-order valence-electron chi connectivity index (χ3n) is 3.88. The van der Waals surface area contributed by atoms with Gasteiger partial charge in [0, 0.05) is 42.4 Å². The molecule has 0 saturated carbocycles. The average molecular weight is 380 g/mol. The third-order valence-corrected chi connectivity index (χ3v) is 3.88. The fourth-order valence-corrected chi connectivity index (χ4v) is 2.70. The van der Waals surface area contributed by atoms with Gasteiger partial charge in [0.05, 0.1) is 24.8 Å². The van der Waals surface area contributed by atoms with Gasteiger partial charge in [-0.15, -0.1) is 0 Å². The number of esters is 1. The summed E-state index contributed by atoms with van der Waals surface area (Å²) >= 11 is 0. The smallest absolute Gasteiger partial charge is 0.338 e. The van der Waals surface area contributed by atoms with Crippen molar-refractivity contribution < 1.29 is 23.8 Å². The van der Waals surface area contributed by atoms with E-state index in [1.807, 2.05) is 0 Å². The van der Waals surface area contributed by atoms with Gasteiger partial charge in [0.25, 0.3) is 0 Å². The van der Waals surface area contributed by atoms with Crippen LogP contribution in [0.2, 0.25) is 0 Å². The number of carbonyl (C=O) groups excluding carboxylic acids is 2. The Bertz CT molecular complexity index is 1030. The van der Waals surface area contributed by atoms with Crippen molar-refractivity contribution >= 4 is 28.5 Å². The topological polar surface area (TPSA) is 86.8 Å². The number of rotatable bonds is 6. The Morgan fingerprint density at radius 1 is 1.07 bits per heavy atom. The Morgan fingerprint density at radius 3 is 2.57 bits per heavy atom. The number of amides is 1. The summed E-state index contributed by atoms with van der Waals surface area (Å²) in [6.45, 7) is 3.47. The highest BCUT2D eigenvalue weighted by Crippen LogP contribution is 2.33. The number of nitrogens with zero attached hydrogens (tertiary/aromatic N) is 1. The van der Waals surface area contributed by atoms with Crippen LogP contribution in [0.5, 0.6) is 17.2 Å². The summed E-state index contributed by atoms with van der Waals surface area (Å²) in [5, 5.41) is 3.37. The lowest BCUT2D eigenvalue weighted by Crippen LogP contribution is -2.06. The second kappa shape index (κ2) is 8.39. The summed E-state index contributed by atoms with van der Waals surface area (Å²) in [6.07, 6.45) is 1.62. The first-order valence-electron chi connectivity index (χ1n) is 8.70. The van der Waals surface area contributed by atoms with Crippen LogP contribution in [0.3, 0.4) is 0 Å². The van der Waals surface area contributed by atoms with Crippen LogP contribution in [0.4, 0.5) is 5.69 Å². The van der Waals surface area contributed by atoms with Crippen molar-refractivity contribution in [2.45, 2.75) is 13.8 Å². The van der Waals surface area contributed by atoms with Gasteiger partial charge in [0.2, 0.25) is 5.91 Å². The molecular weight excluding hydrogens is 360 g/mol. The lowest BCUT2D eigenvalue weighted by molar-refractivity contribution is -0.114. The molecule has 0 fully saturated rings. The fraction of sp³-hybridized carbons (Fsp3) is 0.190. The van der Waals surface area contributed by atoms with Crippen molar-refractivity contribution in [3.63, 3.8) is 0 Å². The van der Waals surface area contributed by atoms with Crippen molar-refractivity contribution in [2.75, 3.05) is 19.0 Å². The number of pyridine rings is 1. The summed E-state index contributed by atoms with van der Waals surface area (Å²) in [5.74, 6) is 0.906. The molecule has 3 aromatic rings. The molecule has 0 radical (unpaired) electrons. The second-order valence-corrected chi connectivity index (χ2v) is 5.94. The van der Waals surface area contributed by atoms with E-state index in [1.165, 1.54) is 14.0 Å². The largest absolute Gasteiger partial charge is 0.497 e. The monoisotopic (exact) mass is 380 g/mol. The van der Waals surface area contributed by atoms with Gasteiger partial charge >= 0.3 is 5.97 Å². The molecule has 28 heavy (non-hydrogen) atoms. The van der Waals surface area contributed by atoms with E-state index in [2.05, 4.69) is 10.3 Å². The maximum atomic E-state index is 12.0. The number of methoxy groups -OCH3 is 1. The molecule has 1 heterocycles. The number of carbonyl (C=O) groups is 2. The maximum Gasteiger partial charge on any atom is 0.338 e. The fourth-order valence-electron chi connectivity index (χ4n) is 2.70. The Balaban J connectivity index is 2.00. The van der Waals surface area contributed by atoms with Crippen LogP contribution in [-0.2, 0) is 9.53 Å². The number of fused-ring (bicyclic) bond motifs is 1. The average Bonchev–Trinajstić information content (AvgIpc) is 2.67. The molecule has 1 N–H and O–H groups in total. The number of hydrogen-bond donors (Lipinski definition) is 1. The van der Waals surface area contributed by atoms with Crippen molar-refractivity contribution in [3.05, 3.63) is 54.2 Å². The Hall–Kier alpha value is -3.61. The molecule has 7 nitrogen and oxygen atoms in total. The van der Waals surface area contributed by atoms with E-state index in [0.29, 0.717) is 46.0 Å². The van der Waals surface area contributed by atoms with Crippen LogP contribution in [-0.4, -0.2) is 30.6 Å². The molecule has 0 atom stereocenters. The minimum Gasteiger partial charge on any atom is -0.497 e. The molecule has 0 unspecified atom stereocenters. The van der Waals surface area contributed by atoms with Gasteiger partial charge in [-0.25, -0.2) is 4.79 Å². The van der Waals surface area contributed by atoms with E-state index >= 15 is 0 Å². The van der Waals surface area contributed by atoms with Crippen molar-refractivity contribution in [3.8, 4) is 17.2 Å². The van der Waals surface area contributed by atoms with E-state index < -0.39 is 5.97 Å². The van der Waals surface area contributed by atoms with E-state index in [-0.39, 0.29) is 5.91 Å². The summed E-state index contributed by atoms with van der Waals surface area (Å²) in [6, 6.07) is 11.9. The van der Waals surface area contributed by atoms with Gasteiger partial charge < -0.3 is 19.5 Å². The minimum absolute atomic E-state index is 0.201. The molecule has 1 amide bonds. The number of ether oxygens (including phenoxy) is 3. The highest BCUT2D eigenvalue weighted by atomic mass is 16.5. The maximum absolute atomic E-state index is 12.0. The van der Waals surface area contributed by atoms with E-state index in [9.17, 15) is 9.59 Å². The van der Waals surface area contributed by atoms with Crippen LogP contribution in [0.1, 0.15) is 24.2 Å². The Labute approximate surface area is 162 Å². The summed E-state index contributed by atoms with van der Waals surface area (Å²) in [5.41, 5.74) is 1.64. The van der Waals surface area contributed by atoms with E-state index in [0.717, 1.165) is 0 Å². The second-order valence-electron chi connectivity index (χ2n) is 5.94. The molecule has 3 rings (SSSR count). The van der Waals surface area contributed by atoms with Gasteiger partial charge in [-0.2, -0.15) is 0 Å². The van der Waals surface area contributed by atoms with Crippen LogP contribution in [0.15, 0.2) is 48.7 Å². The van der Waals surface area contributed by atoms with Crippen LogP contribution in [0.25, 0.3) is 10.9 Å². The summed E-state index contributed by atoms with van der Waals surface area (Å²) < 4.78 is 16.4. The first-order valence-corrected chi connectivity index (χ1v) is 8.70. The number of hydrogen-bond acceptors (Lipinski definition) is 6. The van der Waals surface area contributed by atoms with Crippen LogP contribution >= 0.6 is 0 Å². The Kier molecular flexibility index (Phi) is 5.74. The van der Waals surface area contributed by atoms with Gasteiger partial charge in [-0.3, -0.25) is 9.78 Å². The van der Waals surface area contributed by atoms with E-state index in [4.69, 9.17) is 14.2 Å². The first-order chi connectivity index (χ1) is 13.5. The lowest BCUT2D eigenvalue weighted by atomic mass is 10.1. The number of aromatic nitrogens is 1. The highest BCUT2D eigenvalue weighted by molar-refractivity contribution is 5.96. The molecule has 2 aromatic carbocycles. The molecule has 144 valence electrons. The summed E-state index contributed by atoms with van der Waals surface area (Å²) in [7, 11) is 1.53. The SMILES string of the molecule is CCOC(=O)c1ccc2nccc(Oc3cc(NC(C)=O)cc(OC)c3)c2c1. The van der Waals surface area contributed by atoms with Crippen LogP contribution in [0, 0.1) is 0 Å². The zero-order valence-electron chi connectivity index (χ0n) is 15.8. The lowest BCUT2D eigenvalue weighted by Gasteiger charge is -2.12. The number of nitrogens with one attached hydrogen (secondary N) is 1. The van der Waals surface area contributed by atoms with Gasteiger partial charge in [-0.05, 0) is 31.2 Å². The molecule has 0 aliphatic carbocycles. The van der Waals surface area contributed by atoms with Crippen LogP contribution < -0.4 is 14.8 Å². The molecule has 0 aliphatic rings. The van der Waals surface area contributed by atoms with Crippen molar-refractivity contribution in [1.29, 1.82) is 0 Å². The Morgan fingerprint density at radius 2 is 1.86 bits per heavy atom. The number of anilines is 1. The van der Waals surface area contributed by atoms with E-state index in [1.54, 1.807) is 55.6 Å². The zero-order valence-corrected chi connectivity index (χ0v) is 15.8. The molecule has 1 aromatic heterocycles. The van der Waals surface area contributed by atoms with Crippen molar-refractivity contribution in [2.24, 2.45) is 0 Å². The highest BCUT2D eigenvalue weighted by Gasteiger charge is 2.12. The normalized spacial score (nSPS) is 10.4. The molecular formula is C21H20N2O5. The zero-order chi connectivity index (χ0) is 20.1. The van der Waals surface area contributed by atoms with Crippen molar-refractivity contribution in [1.82, 2.24) is 4.98 Å². The molecule has 7 heteroatoms. The standard InChI is InChI=1S/C21H20N2O5/c1-4-27-21(25)14-5-6-19-18(9-14)20(7-8-22-19)28-17-11-15(23-13(2)24)10-16(12-17)26-3/h5-12H,4H2,1-3H3,(H,23,24). The minimum atomic E-state index is -0.409. The molecule has 0 aliphatic heterocycles. The predicted octanol–water partition coefficient (Wildman–Crippen LogP) is 4.17. The first kappa shape index (κ1) is 19.2. The molecule has 0 spiro atoms. The van der Waals surface area contributed by atoms with Gasteiger partial charge in [-0.1, -0.05) is 0 Å². The number of benzene rings is 2. The van der Waals surface area contributed by atoms with Gasteiger partial charge in [0.1, 0.15) is 17.2 Å².